The summed E-state index contributed by atoms with van der Waals surface area (Å²) in [6, 6.07) is -0.0942. The molecule has 0 amide bonds. The lowest BCUT2D eigenvalue weighted by Crippen LogP contribution is -2.16. The lowest BCUT2D eigenvalue weighted by Gasteiger charge is -2.13. The van der Waals surface area contributed by atoms with Gasteiger partial charge in [-0.05, 0) is 13.0 Å². The first kappa shape index (κ1) is 16.3. The molecular formula is C11H9F6NO2. The molecule has 0 N–H and O–H groups in total. The predicted molar refractivity (Wildman–Crippen MR) is 54.5 cm³/mol. The van der Waals surface area contributed by atoms with Crippen LogP contribution in [0.3, 0.4) is 0 Å². The molecule has 1 heterocycles. The van der Waals surface area contributed by atoms with E-state index in [-0.39, 0.29) is 12.7 Å². The van der Waals surface area contributed by atoms with Gasteiger partial charge in [0, 0.05) is 0 Å². The number of pyridine rings is 1. The monoisotopic (exact) mass is 301 g/mol. The first-order valence-electron chi connectivity index (χ1n) is 5.37. The van der Waals surface area contributed by atoms with Crippen LogP contribution in [0, 0.1) is 5.82 Å². The summed E-state index contributed by atoms with van der Waals surface area (Å²) in [5.41, 5.74) is -4.29. The van der Waals surface area contributed by atoms with E-state index < -0.39 is 47.8 Å². The molecule has 0 spiro atoms. The molecule has 0 atom stereocenters. The number of nitrogens with zero attached hydrogens (tertiary/aromatic N) is 1. The summed E-state index contributed by atoms with van der Waals surface area (Å²) in [4.78, 5) is 14.0. The molecule has 0 radical (unpaired) electrons. The molecule has 0 aliphatic rings. The summed E-state index contributed by atoms with van der Waals surface area (Å²) in [7, 11) is 0. The van der Waals surface area contributed by atoms with Gasteiger partial charge in [0.1, 0.15) is 11.5 Å². The van der Waals surface area contributed by atoms with Crippen LogP contribution >= 0.6 is 0 Å². The predicted octanol–water partition coefficient (Wildman–Crippen LogP) is 3.28. The molecule has 3 nitrogen and oxygen atoms in total. The Balaban J connectivity index is 3.24. The van der Waals surface area contributed by atoms with E-state index in [9.17, 15) is 31.1 Å². The van der Waals surface area contributed by atoms with Crippen molar-refractivity contribution < 1.29 is 35.9 Å². The van der Waals surface area contributed by atoms with Gasteiger partial charge in [-0.3, -0.25) is 4.79 Å². The topological polar surface area (TPSA) is 39.2 Å². The van der Waals surface area contributed by atoms with Crippen molar-refractivity contribution in [3.05, 3.63) is 28.8 Å². The second-order valence-corrected chi connectivity index (χ2v) is 3.63. The molecule has 112 valence electrons. The lowest BCUT2D eigenvalue weighted by molar-refractivity contribution is -0.142. The van der Waals surface area contributed by atoms with Gasteiger partial charge in [-0.25, -0.2) is 18.2 Å². The number of esters is 1. The van der Waals surface area contributed by atoms with Crippen molar-refractivity contribution in [2.24, 2.45) is 0 Å². The van der Waals surface area contributed by atoms with Crippen molar-refractivity contribution in [1.82, 2.24) is 4.98 Å². The third-order valence-corrected chi connectivity index (χ3v) is 2.21. The standard InChI is InChI=1S/C11H9F6NO2/c1-2-20-8(19)4-7-6(12)3-5(11(15,16)17)9(18-7)10(13)14/h3,10H,2,4H2,1H3. The molecule has 0 aliphatic heterocycles. The first-order chi connectivity index (χ1) is 9.16. The van der Waals surface area contributed by atoms with Gasteiger partial charge >= 0.3 is 12.1 Å². The normalized spacial score (nSPS) is 11.8. The Kier molecular flexibility index (Phi) is 4.96. The Bertz CT molecular complexity index is 500. The molecule has 1 rings (SSSR count). The Morgan fingerprint density at radius 2 is 2.00 bits per heavy atom. The maximum Gasteiger partial charge on any atom is 0.418 e. The smallest absolute Gasteiger partial charge is 0.418 e. The molecular weight excluding hydrogens is 292 g/mol. The van der Waals surface area contributed by atoms with Gasteiger partial charge in [0.15, 0.2) is 0 Å². The molecule has 1 aromatic rings. The maximum atomic E-state index is 13.4. The number of halogens is 6. The summed E-state index contributed by atoms with van der Waals surface area (Å²) in [5.74, 6) is -2.46. The summed E-state index contributed by atoms with van der Waals surface area (Å²) in [5, 5.41) is 0. The third-order valence-electron chi connectivity index (χ3n) is 2.21. The minimum Gasteiger partial charge on any atom is -0.466 e. The summed E-state index contributed by atoms with van der Waals surface area (Å²) in [6.45, 7) is 1.42. The van der Waals surface area contributed by atoms with Gasteiger partial charge in [-0.15, -0.1) is 0 Å². The van der Waals surface area contributed by atoms with Crippen LogP contribution < -0.4 is 0 Å². The minimum atomic E-state index is -5.16. The molecule has 0 saturated carbocycles. The number of carbonyl (C=O) groups is 1. The fourth-order valence-corrected chi connectivity index (χ4v) is 1.41. The van der Waals surface area contributed by atoms with Crippen LogP contribution in [0.5, 0.6) is 0 Å². The van der Waals surface area contributed by atoms with E-state index in [0.29, 0.717) is 0 Å². The number of hydrogen-bond donors (Lipinski definition) is 0. The largest absolute Gasteiger partial charge is 0.466 e. The Hall–Kier alpha value is -1.80. The number of alkyl halides is 5. The van der Waals surface area contributed by atoms with Crippen LogP contribution in [0.2, 0.25) is 0 Å². The lowest BCUT2D eigenvalue weighted by atomic mass is 10.1. The van der Waals surface area contributed by atoms with Gasteiger partial charge in [0.25, 0.3) is 6.43 Å². The molecule has 20 heavy (non-hydrogen) atoms. The maximum absolute atomic E-state index is 13.4. The molecule has 0 bridgehead atoms. The van der Waals surface area contributed by atoms with E-state index in [1.54, 1.807) is 0 Å². The zero-order valence-corrected chi connectivity index (χ0v) is 10.1. The average molecular weight is 301 g/mol. The van der Waals surface area contributed by atoms with Gasteiger partial charge in [0.2, 0.25) is 0 Å². The highest BCUT2D eigenvalue weighted by Crippen LogP contribution is 2.36. The number of rotatable bonds is 4. The number of hydrogen-bond acceptors (Lipinski definition) is 3. The number of ether oxygens (including phenoxy) is 1. The summed E-state index contributed by atoms with van der Waals surface area (Å²) >= 11 is 0. The zero-order chi connectivity index (χ0) is 15.5. The van der Waals surface area contributed by atoms with Gasteiger partial charge in [-0.2, -0.15) is 13.2 Å². The summed E-state index contributed by atoms with van der Waals surface area (Å²) < 4.78 is 80.4. The SMILES string of the molecule is CCOC(=O)Cc1nc(C(F)F)c(C(F)(F)F)cc1F. The molecule has 0 fully saturated rings. The highest BCUT2D eigenvalue weighted by atomic mass is 19.4. The van der Waals surface area contributed by atoms with Gasteiger partial charge in [-0.1, -0.05) is 0 Å². The Morgan fingerprint density at radius 1 is 1.40 bits per heavy atom. The van der Waals surface area contributed by atoms with Crippen LogP contribution in [0.25, 0.3) is 0 Å². The highest BCUT2D eigenvalue weighted by molar-refractivity contribution is 5.72. The Labute approximate surface area is 109 Å². The van der Waals surface area contributed by atoms with Crippen molar-refractivity contribution in [3.63, 3.8) is 0 Å². The second-order valence-electron chi connectivity index (χ2n) is 3.63. The van der Waals surface area contributed by atoms with Gasteiger partial charge < -0.3 is 4.74 Å². The van der Waals surface area contributed by atoms with E-state index >= 15 is 0 Å². The fourth-order valence-electron chi connectivity index (χ4n) is 1.41. The number of aromatic nitrogens is 1. The molecule has 0 unspecified atom stereocenters. The zero-order valence-electron chi connectivity index (χ0n) is 10.1. The van der Waals surface area contributed by atoms with Gasteiger partial charge in [0.05, 0.1) is 24.3 Å². The minimum absolute atomic E-state index is 0.0389. The second kappa shape index (κ2) is 6.10. The molecule has 0 aromatic carbocycles. The number of carbonyl (C=O) groups excluding carboxylic acids is 1. The van der Waals surface area contributed by atoms with E-state index in [0.717, 1.165) is 0 Å². The quantitative estimate of drug-likeness (QED) is 0.633. The van der Waals surface area contributed by atoms with Crippen LogP contribution in [-0.4, -0.2) is 17.6 Å². The van der Waals surface area contributed by atoms with Crippen LogP contribution in [-0.2, 0) is 22.1 Å². The van der Waals surface area contributed by atoms with Crippen LogP contribution in [0.15, 0.2) is 6.07 Å². The van der Waals surface area contributed by atoms with Crippen molar-refractivity contribution in [2.45, 2.75) is 25.9 Å². The van der Waals surface area contributed by atoms with Crippen molar-refractivity contribution in [1.29, 1.82) is 0 Å². The summed E-state index contributed by atoms with van der Waals surface area (Å²) in [6.07, 6.45) is -9.53. The highest BCUT2D eigenvalue weighted by Gasteiger charge is 2.38. The van der Waals surface area contributed by atoms with E-state index in [4.69, 9.17) is 0 Å². The average Bonchev–Trinajstić information content (AvgIpc) is 2.30. The van der Waals surface area contributed by atoms with E-state index in [1.165, 1.54) is 6.92 Å². The van der Waals surface area contributed by atoms with Crippen molar-refractivity contribution in [3.8, 4) is 0 Å². The molecule has 0 saturated heterocycles. The first-order valence-corrected chi connectivity index (χ1v) is 5.37. The van der Waals surface area contributed by atoms with Crippen molar-refractivity contribution in [2.75, 3.05) is 6.61 Å². The molecule has 9 heteroatoms. The third kappa shape index (κ3) is 3.84. The van der Waals surface area contributed by atoms with Crippen LogP contribution in [0.4, 0.5) is 26.3 Å². The van der Waals surface area contributed by atoms with E-state index in [1.807, 2.05) is 0 Å². The van der Waals surface area contributed by atoms with Crippen LogP contribution in [0.1, 0.15) is 30.3 Å². The van der Waals surface area contributed by atoms with E-state index in [2.05, 4.69) is 9.72 Å². The fraction of sp³-hybridized carbons (Fsp3) is 0.455. The van der Waals surface area contributed by atoms with Crippen molar-refractivity contribution >= 4 is 5.97 Å². The molecule has 0 aliphatic carbocycles. The molecule has 1 aromatic heterocycles. The Morgan fingerprint density at radius 3 is 2.45 bits per heavy atom.